The first kappa shape index (κ1) is 28.5. The molecule has 5 rings (SSSR count). The number of ether oxygens (including phenoxy) is 1. The van der Waals surface area contributed by atoms with Crippen molar-refractivity contribution in [1.82, 2.24) is 20.5 Å². The van der Waals surface area contributed by atoms with Gasteiger partial charge in [-0.15, -0.1) is 0 Å². The number of nitrogens with zero attached hydrogens (tertiary/aromatic N) is 2. The molecule has 1 atom stereocenters. The first-order valence-corrected chi connectivity index (χ1v) is 14.2. The van der Waals surface area contributed by atoms with Gasteiger partial charge in [0.25, 0.3) is 0 Å². The molecule has 1 aliphatic rings. The van der Waals surface area contributed by atoms with Crippen molar-refractivity contribution < 1.29 is 9.53 Å². The minimum atomic E-state index is -0.561. The second-order valence-corrected chi connectivity index (χ2v) is 13.1. The number of H-pyrrole nitrogens is 1. The van der Waals surface area contributed by atoms with Gasteiger partial charge in [0.15, 0.2) is 0 Å². The van der Waals surface area contributed by atoms with E-state index in [1.54, 1.807) is 12.1 Å². The molecule has 0 saturated heterocycles. The highest BCUT2D eigenvalue weighted by Crippen LogP contribution is 2.45. The van der Waals surface area contributed by atoms with Gasteiger partial charge in [-0.05, 0) is 61.9 Å². The number of halogens is 3. The largest absolute Gasteiger partial charge is 0.471 e. The molecule has 9 heteroatoms. The zero-order valence-electron chi connectivity index (χ0n) is 23.0. The quantitative estimate of drug-likeness (QED) is 0.242. The first-order valence-electron chi connectivity index (χ1n) is 13.1. The monoisotopic (exact) mass is 596 g/mol. The average molecular weight is 598 g/mol. The molecule has 0 unspecified atom stereocenters. The molecule has 1 aliphatic heterocycles. The lowest BCUT2D eigenvalue weighted by atomic mass is 9.88. The Hall–Kier alpha value is -3.06. The lowest BCUT2D eigenvalue weighted by Gasteiger charge is -2.37. The molecule has 0 spiro atoms. The normalized spacial score (nSPS) is 16.2. The van der Waals surface area contributed by atoms with Crippen molar-refractivity contribution in [2.45, 2.75) is 64.5 Å². The molecule has 1 amide bonds. The zero-order valence-corrected chi connectivity index (χ0v) is 25.3. The van der Waals surface area contributed by atoms with Crippen LogP contribution in [0.3, 0.4) is 0 Å². The molecule has 0 fully saturated rings. The van der Waals surface area contributed by atoms with E-state index < -0.39 is 5.60 Å². The zero-order chi connectivity index (χ0) is 28.8. The van der Waals surface area contributed by atoms with Gasteiger partial charge in [-0.1, -0.05) is 67.7 Å². The van der Waals surface area contributed by atoms with E-state index in [9.17, 15) is 4.79 Å². The van der Waals surface area contributed by atoms with Gasteiger partial charge in [-0.3, -0.25) is 9.89 Å². The molecule has 0 radical (unpaired) electrons. The maximum atomic E-state index is 13.3. The van der Waals surface area contributed by atoms with E-state index in [1.165, 1.54) is 0 Å². The van der Waals surface area contributed by atoms with Gasteiger partial charge in [0.1, 0.15) is 5.60 Å². The van der Waals surface area contributed by atoms with Crippen LogP contribution in [0.1, 0.15) is 64.0 Å². The maximum Gasteiger partial charge on any atom is 0.226 e. The Labute approximate surface area is 249 Å². The number of benzene rings is 2. The predicted molar refractivity (Wildman–Crippen MR) is 161 cm³/mol. The number of fused-ring (bicyclic) bond motifs is 1. The van der Waals surface area contributed by atoms with Crippen molar-refractivity contribution in [2.24, 2.45) is 0 Å². The van der Waals surface area contributed by atoms with Crippen molar-refractivity contribution in [3.05, 3.63) is 86.6 Å². The maximum absolute atomic E-state index is 13.3. The smallest absolute Gasteiger partial charge is 0.226 e. The molecule has 4 aromatic rings. The SMILES string of the molecule is CC1(C)C[C@@H](NC(=O)Cc2cc(C(C)(C)C)n[nH]2)c2cc(-c3ccc(Cl)cc3)c(-c3ccc(Cl)cc3Cl)nc2O1. The minimum absolute atomic E-state index is 0.108. The molecular formula is C31H31Cl3N4O2. The third-order valence-electron chi connectivity index (χ3n) is 6.89. The van der Waals surface area contributed by atoms with Crippen molar-refractivity contribution >= 4 is 40.7 Å². The molecule has 6 nitrogen and oxygen atoms in total. The summed E-state index contributed by atoms with van der Waals surface area (Å²) in [6, 6.07) is 16.5. The van der Waals surface area contributed by atoms with Gasteiger partial charge in [0.05, 0.1) is 28.9 Å². The lowest BCUT2D eigenvalue weighted by Crippen LogP contribution is -2.42. The molecular weight excluding hydrogens is 567 g/mol. The molecule has 2 N–H and O–H groups in total. The highest BCUT2D eigenvalue weighted by molar-refractivity contribution is 6.36. The Bertz CT molecular complexity index is 1570. The second kappa shape index (κ2) is 10.7. The van der Waals surface area contributed by atoms with Gasteiger partial charge in [0.2, 0.25) is 11.8 Å². The first-order chi connectivity index (χ1) is 18.8. The van der Waals surface area contributed by atoms with Crippen LogP contribution >= 0.6 is 34.8 Å². The number of nitrogens with one attached hydrogen (secondary N) is 2. The summed E-state index contributed by atoms with van der Waals surface area (Å²) in [5.41, 5.74) is 4.93. The summed E-state index contributed by atoms with van der Waals surface area (Å²) in [4.78, 5) is 18.2. The Morgan fingerprint density at radius 3 is 2.38 bits per heavy atom. The van der Waals surface area contributed by atoms with E-state index in [-0.39, 0.29) is 23.8 Å². The summed E-state index contributed by atoms with van der Waals surface area (Å²) in [5, 5.41) is 12.3. The number of pyridine rings is 1. The Balaban J connectivity index is 1.55. The summed E-state index contributed by atoms with van der Waals surface area (Å²) in [6.07, 6.45) is 0.761. The highest BCUT2D eigenvalue weighted by atomic mass is 35.5. The summed E-state index contributed by atoms with van der Waals surface area (Å²) in [7, 11) is 0. The average Bonchev–Trinajstić information content (AvgIpc) is 3.32. The van der Waals surface area contributed by atoms with Crippen LogP contribution in [0.5, 0.6) is 5.88 Å². The van der Waals surface area contributed by atoms with E-state index >= 15 is 0 Å². The minimum Gasteiger partial charge on any atom is -0.471 e. The Morgan fingerprint density at radius 2 is 1.73 bits per heavy atom. The standard InChI is InChI=1S/C31H31Cl3N4O2/c1-30(2,3)26-13-20(37-38-26)14-27(39)35-25-16-31(4,5)40-29-23(25)15-22(17-6-8-18(32)9-7-17)28(36-29)21-11-10-19(33)12-24(21)34/h6-13,15,25H,14,16H2,1-5H3,(H,35,39)(H,37,38)/t25-/m1/s1. The Kier molecular flexibility index (Phi) is 7.64. The van der Waals surface area contributed by atoms with Crippen LogP contribution in [-0.4, -0.2) is 26.7 Å². The molecule has 0 bridgehead atoms. The lowest BCUT2D eigenvalue weighted by molar-refractivity contribution is -0.121. The molecule has 3 heterocycles. The number of carbonyl (C=O) groups is 1. The molecule has 0 aliphatic carbocycles. The summed E-state index contributed by atoms with van der Waals surface area (Å²) < 4.78 is 6.36. The second-order valence-electron chi connectivity index (χ2n) is 11.8. The number of amides is 1. The van der Waals surface area contributed by atoms with E-state index in [4.69, 9.17) is 44.5 Å². The third-order valence-corrected chi connectivity index (χ3v) is 7.69. The van der Waals surface area contributed by atoms with Crippen molar-refractivity contribution in [1.29, 1.82) is 0 Å². The van der Waals surface area contributed by atoms with Crippen LogP contribution in [0.25, 0.3) is 22.4 Å². The van der Waals surface area contributed by atoms with Crippen LogP contribution in [0.4, 0.5) is 0 Å². The van der Waals surface area contributed by atoms with Crippen LogP contribution in [0, 0.1) is 0 Å². The van der Waals surface area contributed by atoms with Crippen molar-refractivity contribution in [3.63, 3.8) is 0 Å². The summed E-state index contributed by atoms with van der Waals surface area (Å²) in [6.45, 7) is 10.2. The van der Waals surface area contributed by atoms with Crippen LogP contribution in [0.2, 0.25) is 15.1 Å². The van der Waals surface area contributed by atoms with E-state index in [1.807, 2.05) is 56.3 Å². The number of aromatic nitrogens is 3. The summed E-state index contributed by atoms with van der Waals surface area (Å²) in [5.74, 6) is 0.340. The fourth-order valence-electron chi connectivity index (χ4n) is 4.87. The van der Waals surface area contributed by atoms with Gasteiger partial charge >= 0.3 is 0 Å². The van der Waals surface area contributed by atoms with Gasteiger partial charge in [-0.2, -0.15) is 5.10 Å². The number of rotatable bonds is 5. The number of carbonyl (C=O) groups excluding carboxylic acids is 1. The number of hydrogen-bond donors (Lipinski definition) is 2. The summed E-state index contributed by atoms with van der Waals surface area (Å²) >= 11 is 19.0. The molecule has 2 aromatic heterocycles. The van der Waals surface area contributed by atoms with Crippen LogP contribution < -0.4 is 10.1 Å². The number of hydrogen-bond acceptors (Lipinski definition) is 4. The molecule has 0 saturated carbocycles. The van der Waals surface area contributed by atoms with Crippen molar-refractivity contribution in [2.75, 3.05) is 0 Å². The molecule has 208 valence electrons. The predicted octanol–water partition coefficient (Wildman–Crippen LogP) is 8.36. The molecule has 2 aromatic carbocycles. The van der Waals surface area contributed by atoms with Crippen LogP contribution in [0.15, 0.2) is 54.6 Å². The number of aromatic amines is 1. The van der Waals surface area contributed by atoms with Gasteiger partial charge < -0.3 is 10.1 Å². The fraction of sp³-hybridized carbons (Fsp3) is 0.323. The van der Waals surface area contributed by atoms with E-state index in [2.05, 4.69) is 36.3 Å². The van der Waals surface area contributed by atoms with E-state index in [0.717, 1.165) is 33.6 Å². The Morgan fingerprint density at radius 1 is 1.02 bits per heavy atom. The fourth-order valence-corrected chi connectivity index (χ4v) is 5.49. The van der Waals surface area contributed by atoms with Gasteiger partial charge in [-0.25, -0.2) is 4.98 Å². The van der Waals surface area contributed by atoms with Crippen LogP contribution in [-0.2, 0) is 16.6 Å². The third kappa shape index (κ3) is 6.14. The topological polar surface area (TPSA) is 79.9 Å². The highest BCUT2D eigenvalue weighted by Gasteiger charge is 2.37. The molecule has 40 heavy (non-hydrogen) atoms. The van der Waals surface area contributed by atoms with Gasteiger partial charge in [0, 0.05) is 44.3 Å². The van der Waals surface area contributed by atoms with E-state index in [0.29, 0.717) is 33.1 Å². The van der Waals surface area contributed by atoms with Crippen molar-refractivity contribution in [3.8, 4) is 28.3 Å².